The van der Waals surface area contributed by atoms with Gasteiger partial charge in [-0.3, -0.25) is 0 Å². The molecule has 0 amide bonds. The molecule has 7 heteroatoms. The highest BCUT2D eigenvalue weighted by molar-refractivity contribution is 7.20. The average molecular weight is 486 g/mol. The van der Waals surface area contributed by atoms with Crippen molar-refractivity contribution in [3.8, 4) is 44.7 Å². The van der Waals surface area contributed by atoms with Gasteiger partial charge in [0.05, 0.1) is 5.52 Å². The predicted octanol–water partition coefficient (Wildman–Crippen LogP) is 7.30. The molecule has 7 aromatic rings. The quantitative estimate of drug-likeness (QED) is 0.262. The Balaban J connectivity index is 1.36. The van der Waals surface area contributed by atoms with Crippen molar-refractivity contribution in [2.24, 2.45) is 0 Å². The van der Waals surface area contributed by atoms with Crippen molar-refractivity contribution in [1.82, 2.24) is 24.8 Å². The molecule has 0 bridgehead atoms. The minimum Gasteiger partial charge on any atom is -0.454 e. The molecule has 172 valence electrons. The SMILES string of the molecule is Cc1ccc(-c2ccc(-c3cc(-c4nn5c(-c6ccccc6)nnc5s4)c4ccccc4n3)o2)cc1. The predicted molar refractivity (Wildman–Crippen MR) is 143 cm³/mol. The topological polar surface area (TPSA) is 69.1 Å². The highest BCUT2D eigenvalue weighted by atomic mass is 32.1. The lowest BCUT2D eigenvalue weighted by molar-refractivity contribution is 0.595. The van der Waals surface area contributed by atoms with Crippen LogP contribution in [0.5, 0.6) is 0 Å². The van der Waals surface area contributed by atoms with Crippen LogP contribution in [-0.2, 0) is 0 Å². The van der Waals surface area contributed by atoms with E-state index in [2.05, 4.69) is 47.5 Å². The van der Waals surface area contributed by atoms with Gasteiger partial charge in [-0.15, -0.1) is 10.2 Å². The molecule has 36 heavy (non-hydrogen) atoms. The maximum atomic E-state index is 6.25. The molecule has 0 aliphatic carbocycles. The molecular weight excluding hydrogens is 466 g/mol. The van der Waals surface area contributed by atoms with Gasteiger partial charge in [0, 0.05) is 22.1 Å². The van der Waals surface area contributed by atoms with E-state index in [1.54, 1.807) is 0 Å². The zero-order chi connectivity index (χ0) is 24.1. The van der Waals surface area contributed by atoms with E-state index in [1.807, 2.05) is 71.2 Å². The summed E-state index contributed by atoms with van der Waals surface area (Å²) in [5.74, 6) is 2.25. The number of rotatable bonds is 4. The lowest BCUT2D eigenvalue weighted by Crippen LogP contribution is -1.92. The number of pyridine rings is 1. The first kappa shape index (κ1) is 20.7. The van der Waals surface area contributed by atoms with Crippen LogP contribution in [0.1, 0.15) is 5.56 Å². The third kappa shape index (κ3) is 3.49. The molecule has 4 heterocycles. The van der Waals surface area contributed by atoms with Crippen LogP contribution < -0.4 is 0 Å². The minimum absolute atomic E-state index is 0.713. The Morgan fingerprint density at radius 1 is 0.750 bits per heavy atom. The summed E-state index contributed by atoms with van der Waals surface area (Å²) in [6.07, 6.45) is 0. The van der Waals surface area contributed by atoms with Gasteiger partial charge in [0.15, 0.2) is 11.6 Å². The van der Waals surface area contributed by atoms with Crippen molar-refractivity contribution in [3.05, 3.63) is 103 Å². The Kier molecular flexibility index (Phi) is 4.75. The van der Waals surface area contributed by atoms with E-state index in [1.165, 1.54) is 16.9 Å². The van der Waals surface area contributed by atoms with E-state index >= 15 is 0 Å². The van der Waals surface area contributed by atoms with Gasteiger partial charge in [0.2, 0.25) is 4.96 Å². The molecule has 0 radical (unpaired) electrons. The van der Waals surface area contributed by atoms with Crippen molar-refractivity contribution >= 4 is 27.2 Å². The van der Waals surface area contributed by atoms with Gasteiger partial charge in [-0.2, -0.15) is 9.61 Å². The number of hydrogen-bond acceptors (Lipinski definition) is 6. The molecule has 6 nitrogen and oxygen atoms in total. The number of hydrogen-bond donors (Lipinski definition) is 0. The highest BCUT2D eigenvalue weighted by Crippen LogP contribution is 2.36. The summed E-state index contributed by atoms with van der Waals surface area (Å²) in [5.41, 5.74) is 5.85. The number of aryl methyl sites for hydroxylation is 1. The van der Waals surface area contributed by atoms with E-state index in [9.17, 15) is 0 Å². The summed E-state index contributed by atoms with van der Waals surface area (Å²) in [6.45, 7) is 2.08. The molecule has 0 saturated heterocycles. The maximum Gasteiger partial charge on any atom is 0.235 e. The number of benzene rings is 3. The van der Waals surface area contributed by atoms with E-state index in [0.29, 0.717) is 5.76 Å². The Hall–Kier alpha value is -4.62. The van der Waals surface area contributed by atoms with Crippen molar-refractivity contribution in [3.63, 3.8) is 0 Å². The summed E-state index contributed by atoms with van der Waals surface area (Å²) < 4.78 is 8.06. The number of furan rings is 1. The van der Waals surface area contributed by atoms with Crippen molar-refractivity contribution < 1.29 is 4.42 Å². The number of nitrogens with zero attached hydrogens (tertiary/aromatic N) is 5. The summed E-state index contributed by atoms with van der Waals surface area (Å²) in [6, 6.07) is 32.4. The van der Waals surface area contributed by atoms with Crippen molar-refractivity contribution in [1.29, 1.82) is 0 Å². The molecule has 3 aromatic carbocycles. The molecule has 0 spiro atoms. The molecule has 7 rings (SSSR count). The van der Waals surface area contributed by atoms with Gasteiger partial charge >= 0.3 is 0 Å². The Labute approximate surface area is 210 Å². The molecule has 4 aromatic heterocycles. The van der Waals surface area contributed by atoms with E-state index in [0.717, 1.165) is 54.8 Å². The molecular formula is C29H19N5OS. The third-order valence-electron chi connectivity index (χ3n) is 6.16. The Morgan fingerprint density at radius 3 is 2.39 bits per heavy atom. The van der Waals surface area contributed by atoms with Crippen LogP contribution in [-0.4, -0.2) is 24.8 Å². The van der Waals surface area contributed by atoms with Gasteiger partial charge in [0.1, 0.15) is 16.5 Å². The molecule has 0 aliphatic heterocycles. The van der Waals surface area contributed by atoms with Gasteiger partial charge in [-0.1, -0.05) is 89.7 Å². The summed E-state index contributed by atoms with van der Waals surface area (Å²) in [7, 11) is 0. The lowest BCUT2D eigenvalue weighted by Gasteiger charge is -2.06. The second-order valence-electron chi connectivity index (χ2n) is 8.59. The van der Waals surface area contributed by atoms with Crippen LogP contribution in [0.2, 0.25) is 0 Å². The zero-order valence-corrected chi connectivity index (χ0v) is 20.1. The standard InChI is InChI=1S/C29H19N5OS/c1-18-11-13-19(14-12-18)25-15-16-26(35-25)24-17-22(21-9-5-6-10-23(21)30-24)28-33-34-27(31-32-29(34)36-28)20-7-3-2-4-8-20/h2-17H,1H3. The monoisotopic (exact) mass is 485 g/mol. The van der Waals surface area contributed by atoms with E-state index in [-0.39, 0.29) is 0 Å². The number of aromatic nitrogens is 5. The smallest absolute Gasteiger partial charge is 0.235 e. The van der Waals surface area contributed by atoms with Gasteiger partial charge < -0.3 is 4.42 Å². The number of fused-ring (bicyclic) bond motifs is 2. The van der Waals surface area contributed by atoms with Crippen LogP contribution in [0.3, 0.4) is 0 Å². The fourth-order valence-electron chi connectivity index (χ4n) is 4.32. The molecule has 0 fully saturated rings. The molecule has 0 aliphatic rings. The largest absolute Gasteiger partial charge is 0.454 e. The first-order chi connectivity index (χ1) is 17.7. The summed E-state index contributed by atoms with van der Waals surface area (Å²) in [4.78, 5) is 5.65. The molecule has 0 N–H and O–H groups in total. The summed E-state index contributed by atoms with van der Waals surface area (Å²) in [5, 5.41) is 15.5. The van der Waals surface area contributed by atoms with Gasteiger partial charge in [-0.05, 0) is 31.2 Å². The number of para-hydroxylation sites is 1. The second-order valence-corrected chi connectivity index (χ2v) is 9.55. The average Bonchev–Trinajstić information content (AvgIpc) is 3.65. The van der Waals surface area contributed by atoms with Gasteiger partial charge in [-0.25, -0.2) is 4.98 Å². The zero-order valence-electron chi connectivity index (χ0n) is 19.3. The Morgan fingerprint density at radius 2 is 1.53 bits per heavy atom. The van der Waals surface area contributed by atoms with Gasteiger partial charge in [0.25, 0.3) is 0 Å². The Bertz CT molecular complexity index is 1850. The fraction of sp³-hybridized carbons (Fsp3) is 0.0345. The first-order valence-electron chi connectivity index (χ1n) is 11.6. The second kappa shape index (κ2) is 8.25. The van der Waals surface area contributed by atoms with Crippen LogP contribution in [0.25, 0.3) is 60.6 Å². The highest BCUT2D eigenvalue weighted by Gasteiger charge is 2.18. The maximum absolute atomic E-state index is 6.25. The normalized spacial score (nSPS) is 11.5. The first-order valence-corrected chi connectivity index (χ1v) is 12.4. The molecule has 0 saturated carbocycles. The molecule has 0 unspecified atom stereocenters. The van der Waals surface area contributed by atoms with Crippen LogP contribution >= 0.6 is 11.3 Å². The molecule has 0 atom stereocenters. The minimum atomic E-state index is 0.713. The lowest BCUT2D eigenvalue weighted by atomic mass is 10.1. The van der Waals surface area contributed by atoms with Crippen molar-refractivity contribution in [2.75, 3.05) is 0 Å². The van der Waals surface area contributed by atoms with Crippen LogP contribution in [0.4, 0.5) is 0 Å². The van der Waals surface area contributed by atoms with E-state index < -0.39 is 0 Å². The van der Waals surface area contributed by atoms with Crippen LogP contribution in [0, 0.1) is 6.92 Å². The van der Waals surface area contributed by atoms with E-state index in [4.69, 9.17) is 14.5 Å². The fourth-order valence-corrected chi connectivity index (χ4v) is 5.19. The summed E-state index contributed by atoms with van der Waals surface area (Å²) >= 11 is 1.51. The third-order valence-corrected chi connectivity index (χ3v) is 7.10. The van der Waals surface area contributed by atoms with Crippen molar-refractivity contribution in [2.45, 2.75) is 6.92 Å². The van der Waals surface area contributed by atoms with Crippen LogP contribution in [0.15, 0.2) is 101 Å².